The lowest BCUT2D eigenvalue weighted by atomic mass is 10.1. The number of tetrazole rings is 1. The summed E-state index contributed by atoms with van der Waals surface area (Å²) in [5, 5.41) is 11.9. The van der Waals surface area contributed by atoms with E-state index in [-0.39, 0.29) is 11.9 Å². The average Bonchev–Trinajstić information content (AvgIpc) is 2.97. The second-order valence-corrected chi connectivity index (χ2v) is 4.80. The molecule has 2 aromatic carbocycles. The van der Waals surface area contributed by atoms with Gasteiger partial charge in [-0.25, -0.2) is 9.07 Å². The Morgan fingerprint density at radius 2 is 1.71 bits per heavy atom. The molecule has 5 nitrogen and oxygen atoms in total. The van der Waals surface area contributed by atoms with Crippen LogP contribution >= 0.6 is 0 Å². The molecule has 6 heteroatoms. The molecule has 2 N–H and O–H groups in total. The van der Waals surface area contributed by atoms with Crippen LogP contribution in [0.5, 0.6) is 0 Å². The van der Waals surface area contributed by atoms with Crippen molar-refractivity contribution in [2.75, 3.05) is 5.73 Å². The van der Waals surface area contributed by atoms with Crippen LogP contribution in [0.3, 0.4) is 0 Å². The highest BCUT2D eigenvalue weighted by Crippen LogP contribution is 2.24. The first-order valence-corrected chi connectivity index (χ1v) is 6.54. The molecule has 0 amide bonds. The van der Waals surface area contributed by atoms with Gasteiger partial charge in [-0.3, -0.25) is 0 Å². The van der Waals surface area contributed by atoms with Crippen molar-refractivity contribution in [1.29, 1.82) is 0 Å². The van der Waals surface area contributed by atoms with Gasteiger partial charge in [-0.1, -0.05) is 12.1 Å². The van der Waals surface area contributed by atoms with Crippen molar-refractivity contribution in [3.8, 4) is 11.4 Å². The number of nitrogens with zero attached hydrogens (tertiary/aromatic N) is 4. The number of benzene rings is 2. The fourth-order valence-electron chi connectivity index (χ4n) is 2.16. The van der Waals surface area contributed by atoms with Crippen LogP contribution in [-0.4, -0.2) is 20.2 Å². The van der Waals surface area contributed by atoms with Crippen LogP contribution in [0, 0.1) is 5.82 Å². The summed E-state index contributed by atoms with van der Waals surface area (Å²) in [6.45, 7) is 1.96. The SMILES string of the molecule is CC(c1ccc(F)cc1)n1nnnc1-c1ccc(N)cc1. The van der Waals surface area contributed by atoms with Gasteiger partial charge in [-0.15, -0.1) is 5.10 Å². The minimum absolute atomic E-state index is 0.104. The van der Waals surface area contributed by atoms with Gasteiger partial charge in [0.15, 0.2) is 5.82 Å². The van der Waals surface area contributed by atoms with Gasteiger partial charge in [0.25, 0.3) is 0 Å². The summed E-state index contributed by atoms with van der Waals surface area (Å²) < 4.78 is 14.7. The van der Waals surface area contributed by atoms with Gasteiger partial charge in [0.1, 0.15) is 5.82 Å². The Labute approximate surface area is 121 Å². The van der Waals surface area contributed by atoms with E-state index in [2.05, 4.69) is 15.5 Å². The van der Waals surface area contributed by atoms with E-state index in [0.29, 0.717) is 11.5 Å². The number of rotatable bonds is 3. The molecule has 21 heavy (non-hydrogen) atoms. The lowest BCUT2D eigenvalue weighted by Gasteiger charge is -2.14. The number of nitrogen functional groups attached to an aromatic ring is 1. The Bertz CT molecular complexity index is 734. The molecular formula is C15H14FN5. The van der Waals surface area contributed by atoms with Crippen LogP contribution < -0.4 is 5.73 Å². The van der Waals surface area contributed by atoms with Crippen molar-refractivity contribution >= 4 is 5.69 Å². The molecule has 106 valence electrons. The zero-order valence-corrected chi connectivity index (χ0v) is 11.4. The Kier molecular flexibility index (Phi) is 3.35. The number of anilines is 1. The zero-order chi connectivity index (χ0) is 14.8. The van der Waals surface area contributed by atoms with Crippen LogP contribution in [0.1, 0.15) is 18.5 Å². The molecule has 0 saturated heterocycles. The Hall–Kier alpha value is -2.76. The van der Waals surface area contributed by atoms with E-state index in [1.165, 1.54) is 12.1 Å². The van der Waals surface area contributed by atoms with Gasteiger partial charge in [0, 0.05) is 11.3 Å². The normalized spacial score (nSPS) is 12.3. The van der Waals surface area contributed by atoms with Crippen LogP contribution in [0.25, 0.3) is 11.4 Å². The summed E-state index contributed by atoms with van der Waals surface area (Å²) in [6.07, 6.45) is 0. The Balaban J connectivity index is 1.98. The third-order valence-electron chi connectivity index (χ3n) is 3.38. The van der Waals surface area contributed by atoms with Gasteiger partial charge in [0.2, 0.25) is 0 Å². The van der Waals surface area contributed by atoms with Gasteiger partial charge in [0.05, 0.1) is 6.04 Å². The van der Waals surface area contributed by atoms with Gasteiger partial charge in [-0.05, 0) is 59.3 Å². The summed E-state index contributed by atoms with van der Waals surface area (Å²) in [5.41, 5.74) is 8.18. The van der Waals surface area contributed by atoms with Crippen molar-refractivity contribution < 1.29 is 4.39 Å². The number of hydrogen-bond donors (Lipinski definition) is 1. The van der Waals surface area contributed by atoms with Crippen LogP contribution in [-0.2, 0) is 0 Å². The smallest absolute Gasteiger partial charge is 0.182 e. The molecule has 0 aliphatic heterocycles. The van der Waals surface area contributed by atoms with E-state index in [9.17, 15) is 4.39 Å². The van der Waals surface area contributed by atoms with E-state index in [1.54, 1.807) is 28.9 Å². The average molecular weight is 283 g/mol. The molecule has 1 unspecified atom stereocenters. The topological polar surface area (TPSA) is 69.6 Å². The van der Waals surface area contributed by atoms with Crippen molar-refractivity contribution in [2.45, 2.75) is 13.0 Å². The first-order chi connectivity index (χ1) is 10.1. The monoisotopic (exact) mass is 283 g/mol. The predicted molar refractivity (Wildman–Crippen MR) is 77.9 cm³/mol. The maximum Gasteiger partial charge on any atom is 0.182 e. The third kappa shape index (κ3) is 2.60. The fourth-order valence-corrected chi connectivity index (χ4v) is 2.16. The van der Waals surface area contributed by atoms with Crippen molar-refractivity contribution in [3.63, 3.8) is 0 Å². The quantitative estimate of drug-likeness (QED) is 0.750. The molecule has 3 rings (SSSR count). The minimum atomic E-state index is -0.263. The third-order valence-corrected chi connectivity index (χ3v) is 3.38. The minimum Gasteiger partial charge on any atom is -0.399 e. The van der Waals surface area contributed by atoms with Crippen molar-refractivity contribution in [2.24, 2.45) is 0 Å². The van der Waals surface area contributed by atoms with Crippen LogP contribution in [0.4, 0.5) is 10.1 Å². The molecule has 1 heterocycles. The molecule has 0 spiro atoms. The zero-order valence-electron chi connectivity index (χ0n) is 11.4. The van der Waals surface area contributed by atoms with Gasteiger partial charge < -0.3 is 5.73 Å². The molecule has 0 bridgehead atoms. The highest BCUT2D eigenvalue weighted by molar-refractivity contribution is 5.58. The molecule has 3 aromatic rings. The second kappa shape index (κ2) is 5.32. The van der Waals surface area contributed by atoms with Crippen molar-refractivity contribution in [1.82, 2.24) is 20.2 Å². The highest BCUT2D eigenvalue weighted by Gasteiger charge is 2.16. The summed E-state index contributed by atoms with van der Waals surface area (Å²) in [5.74, 6) is 0.383. The number of nitrogens with two attached hydrogens (primary N) is 1. The van der Waals surface area contributed by atoms with E-state index in [0.717, 1.165) is 11.1 Å². The number of aromatic nitrogens is 4. The molecule has 0 fully saturated rings. The first-order valence-electron chi connectivity index (χ1n) is 6.54. The maximum absolute atomic E-state index is 13.0. The molecule has 1 aromatic heterocycles. The summed E-state index contributed by atoms with van der Waals surface area (Å²) in [6, 6.07) is 13.6. The van der Waals surface area contributed by atoms with Gasteiger partial charge >= 0.3 is 0 Å². The number of hydrogen-bond acceptors (Lipinski definition) is 4. The van der Waals surface area contributed by atoms with Crippen LogP contribution in [0.2, 0.25) is 0 Å². The maximum atomic E-state index is 13.0. The fraction of sp³-hybridized carbons (Fsp3) is 0.133. The van der Waals surface area contributed by atoms with E-state index < -0.39 is 0 Å². The molecule has 0 aliphatic rings. The lowest BCUT2D eigenvalue weighted by molar-refractivity contribution is 0.546. The highest BCUT2D eigenvalue weighted by atomic mass is 19.1. The molecule has 1 atom stereocenters. The van der Waals surface area contributed by atoms with E-state index >= 15 is 0 Å². The summed E-state index contributed by atoms with van der Waals surface area (Å²) >= 11 is 0. The second-order valence-electron chi connectivity index (χ2n) is 4.80. The summed E-state index contributed by atoms with van der Waals surface area (Å²) in [7, 11) is 0. The molecule has 0 aliphatic carbocycles. The number of halogens is 1. The molecule has 0 radical (unpaired) electrons. The lowest BCUT2D eigenvalue weighted by Crippen LogP contribution is -2.10. The van der Waals surface area contributed by atoms with Gasteiger partial charge in [-0.2, -0.15) is 0 Å². The Morgan fingerprint density at radius 3 is 2.38 bits per heavy atom. The van der Waals surface area contributed by atoms with E-state index in [4.69, 9.17) is 5.73 Å². The standard InChI is InChI=1S/C15H14FN5/c1-10(11-2-6-13(16)7-3-11)21-15(18-19-20-21)12-4-8-14(17)9-5-12/h2-10H,17H2,1H3. The van der Waals surface area contributed by atoms with E-state index in [1.807, 2.05) is 19.1 Å². The van der Waals surface area contributed by atoms with Crippen LogP contribution in [0.15, 0.2) is 48.5 Å². The largest absolute Gasteiger partial charge is 0.399 e. The predicted octanol–water partition coefficient (Wildman–Crippen LogP) is 2.67. The molecular weight excluding hydrogens is 269 g/mol. The summed E-state index contributed by atoms with van der Waals surface area (Å²) in [4.78, 5) is 0. The van der Waals surface area contributed by atoms with Crippen molar-refractivity contribution in [3.05, 3.63) is 59.9 Å². The first kappa shape index (κ1) is 13.2. The Morgan fingerprint density at radius 1 is 1.05 bits per heavy atom. The molecule has 0 saturated carbocycles.